The van der Waals surface area contributed by atoms with Gasteiger partial charge in [0.25, 0.3) is 6.02 Å². The lowest BCUT2D eigenvalue weighted by Crippen LogP contribution is -2.32. The highest BCUT2D eigenvalue weighted by Gasteiger charge is 2.11. The number of likely N-dealkylation sites (tertiary alicyclic amines) is 1. The third kappa shape index (κ3) is 10.4. The predicted molar refractivity (Wildman–Crippen MR) is 130 cm³/mol. The van der Waals surface area contributed by atoms with Crippen LogP contribution in [0.3, 0.4) is 0 Å². The lowest BCUT2D eigenvalue weighted by atomic mass is 10.1. The van der Waals surface area contributed by atoms with Crippen LogP contribution >= 0.6 is 0 Å². The fourth-order valence-electron chi connectivity index (χ4n) is 3.21. The Balaban J connectivity index is 0.000000233. The summed E-state index contributed by atoms with van der Waals surface area (Å²) in [5, 5.41) is 5.30. The van der Waals surface area contributed by atoms with Crippen molar-refractivity contribution in [2.45, 2.75) is 58.9 Å². The van der Waals surface area contributed by atoms with Crippen molar-refractivity contribution in [3.05, 3.63) is 47.4 Å². The summed E-state index contributed by atoms with van der Waals surface area (Å²) in [6.07, 6.45) is 8.90. The van der Waals surface area contributed by atoms with E-state index < -0.39 is 0 Å². The number of amidine groups is 1. The van der Waals surface area contributed by atoms with Crippen LogP contribution in [0.15, 0.2) is 46.3 Å². The van der Waals surface area contributed by atoms with Crippen LogP contribution in [0.4, 0.5) is 0 Å². The van der Waals surface area contributed by atoms with E-state index in [0.29, 0.717) is 19.6 Å². The number of benzene rings is 1. The van der Waals surface area contributed by atoms with Gasteiger partial charge >= 0.3 is 0 Å². The van der Waals surface area contributed by atoms with Crippen molar-refractivity contribution in [2.75, 3.05) is 26.2 Å². The van der Waals surface area contributed by atoms with Gasteiger partial charge in [0.05, 0.1) is 6.61 Å². The van der Waals surface area contributed by atoms with E-state index >= 15 is 0 Å². The van der Waals surface area contributed by atoms with Gasteiger partial charge in [-0.2, -0.15) is 4.99 Å². The van der Waals surface area contributed by atoms with Crippen molar-refractivity contribution < 1.29 is 9.53 Å². The highest BCUT2D eigenvalue weighted by Crippen LogP contribution is 2.13. The van der Waals surface area contributed by atoms with Gasteiger partial charge in [0.2, 0.25) is 5.91 Å². The Morgan fingerprint density at radius 3 is 2.53 bits per heavy atom. The van der Waals surface area contributed by atoms with Crippen LogP contribution in [0.1, 0.15) is 57.1 Å². The SMILES string of the molecule is CCCCOC1=NC=NCCC(=O)N/C=C(\N)N1.CCc1ccc(CN2CCCC2)cc1. The van der Waals surface area contributed by atoms with Crippen molar-refractivity contribution in [1.82, 2.24) is 15.5 Å². The summed E-state index contributed by atoms with van der Waals surface area (Å²) in [5.41, 5.74) is 8.56. The number of aryl methyl sites for hydroxylation is 1. The zero-order chi connectivity index (χ0) is 23.0. The third-order valence-corrected chi connectivity index (χ3v) is 5.14. The Labute approximate surface area is 192 Å². The smallest absolute Gasteiger partial charge is 0.296 e. The van der Waals surface area contributed by atoms with E-state index in [2.05, 4.69) is 63.6 Å². The van der Waals surface area contributed by atoms with Crippen molar-refractivity contribution in [3.8, 4) is 0 Å². The molecule has 8 heteroatoms. The van der Waals surface area contributed by atoms with Crippen molar-refractivity contribution in [1.29, 1.82) is 0 Å². The van der Waals surface area contributed by atoms with Crippen LogP contribution in [0, 0.1) is 0 Å². The average Bonchev–Trinajstić information content (AvgIpc) is 3.30. The van der Waals surface area contributed by atoms with Gasteiger partial charge in [0, 0.05) is 25.7 Å². The molecule has 3 rings (SSSR count). The van der Waals surface area contributed by atoms with Gasteiger partial charge in [0.1, 0.15) is 12.2 Å². The second kappa shape index (κ2) is 15.0. The first-order chi connectivity index (χ1) is 15.6. The predicted octanol–water partition coefficient (Wildman–Crippen LogP) is 2.90. The molecular formula is C24H38N6O2. The fraction of sp³-hybridized carbons (Fsp3) is 0.542. The second-order valence-electron chi connectivity index (χ2n) is 7.85. The maximum atomic E-state index is 11.3. The number of carbonyl (C=O) groups is 1. The number of unbranched alkanes of at least 4 members (excludes halogenated alkanes) is 1. The van der Waals surface area contributed by atoms with Gasteiger partial charge in [-0.3, -0.25) is 20.0 Å². The first-order valence-corrected chi connectivity index (χ1v) is 11.6. The van der Waals surface area contributed by atoms with Gasteiger partial charge in [-0.15, -0.1) is 0 Å². The summed E-state index contributed by atoms with van der Waals surface area (Å²) in [7, 11) is 0. The number of carbonyl (C=O) groups excluding carboxylic acids is 1. The van der Waals surface area contributed by atoms with E-state index in [0.717, 1.165) is 25.8 Å². The van der Waals surface area contributed by atoms with Crippen molar-refractivity contribution in [2.24, 2.45) is 15.7 Å². The normalized spacial score (nSPS) is 18.8. The van der Waals surface area contributed by atoms with Crippen LogP contribution in [0.25, 0.3) is 0 Å². The number of ether oxygens (including phenoxy) is 1. The molecule has 2 heterocycles. The molecule has 0 aliphatic carbocycles. The molecule has 2 aliphatic rings. The van der Waals surface area contributed by atoms with E-state index in [-0.39, 0.29) is 17.7 Å². The Kier molecular flexibility index (Phi) is 11.9. The van der Waals surface area contributed by atoms with Gasteiger partial charge in [-0.25, -0.2) is 0 Å². The molecule has 0 atom stereocenters. The molecule has 1 amide bonds. The molecule has 2 aliphatic heterocycles. The Morgan fingerprint density at radius 1 is 1.12 bits per heavy atom. The zero-order valence-electron chi connectivity index (χ0n) is 19.5. The maximum Gasteiger partial charge on any atom is 0.296 e. The van der Waals surface area contributed by atoms with E-state index in [9.17, 15) is 4.79 Å². The summed E-state index contributed by atoms with van der Waals surface area (Å²) in [4.78, 5) is 21.8. The first-order valence-electron chi connectivity index (χ1n) is 11.6. The van der Waals surface area contributed by atoms with Crippen molar-refractivity contribution >= 4 is 18.3 Å². The number of amides is 1. The third-order valence-electron chi connectivity index (χ3n) is 5.14. The number of nitrogens with two attached hydrogens (primary N) is 1. The quantitative estimate of drug-likeness (QED) is 0.588. The Bertz CT molecular complexity index is 767. The minimum absolute atomic E-state index is 0.146. The monoisotopic (exact) mass is 442 g/mol. The van der Waals surface area contributed by atoms with E-state index in [1.807, 2.05) is 0 Å². The average molecular weight is 443 g/mol. The molecule has 1 fully saturated rings. The molecule has 176 valence electrons. The molecular weight excluding hydrogens is 404 g/mol. The molecule has 32 heavy (non-hydrogen) atoms. The minimum atomic E-state index is -0.146. The van der Waals surface area contributed by atoms with Crippen LogP contribution < -0.4 is 16.4 Å². The van der Waals surface area contributed by atoms with Gasteiger partial charge in [-0.1, -0.05) is 44.5 Å². The second-order valence-corrected chi connectivity index (χ2v) is 7.85. The van der Waals surface area contributed by atoms with Crippen LogP contribution in [0.5, 0.6) is 0 Å². The molecule has 8 nitrogen and oxygen atoms in total. The topological polar surface area (TPSA) is 104 Å². The minimum Gasteiger partial charge on any atom is -0.465 e. The van der Waals surface area contributed by atoms with E-state index in [1.165, 1.54) is 49.6 Å². The highest BCUT2D eigenvalue weighted by molar-refractivity contribution is 5.84. The maximum absolute atomic E-state index is 11.3. The number of aliphatic imine (C=N–C) groups is 2. The van der Waals surface area contributed by atoms with Gasteiger partial charge in [-0.05, 0) is 49.9 Å². The number of rotatable bonds is 6. The van der Waals surface area contributed by atoms with Gasteiger partial charge in [0.15, 0.2) is 0 Å². The summed E-state index contributed by atoms with van der Waals surface area (Å²) in [6, 6.07) is 9.34. The van der Waals surface area contributed by atoms with Crippen molar-refractivity contribution in [3.63, 3.8) is 0 Å². The molecule has 0 unspecified atom stereocenters. The fourth-order valence-corrected chi connectivity index (χ4v) is 3.21. The number of nitrogens with zero attached hydrogens (tertiary/aromatic N) is 3. The Morgan fingerprint density at radius 2 is 1.84 bits per heavy atom. The van der Waals surface area contributed by atoms with E-state index in [4.69, 9.17) is 10.5 Å². The van der Waals surface area contributed by atoms with Crippen LogP contribution in [0.2, 0.25) is 0 Å². The zero-order valence-corrected chi connectivity index (χ0v) is 19.5. The molecule has 0 bridgehead atoms. The largest absolute Gasteiger partial charge is 0.465 e. The molecule has 0 radical (unpaired) electrons. The van der Waals surface area contributed by atoms with E-state index in [1.54, 1.807) is 0 Å². The molecule has 1 aromatic carbocycles. The van der Waals surface area contributed by atoms with Gasteiger partial charge < -0.3 is 15.8 Å². The number of hydrogen-bond donors (Lipinski definition) is 3. The van der Waals surface area contributed by atoms with Crippen LogP contribution in [-0.2, 0) is 22.5 Å². The lowest BCUT2D eigenvalue weighted by Gasteiger charge is -2.14. The molecule has 4 N–H and O–H groups in total. The summed E-state index contributed by atoms with van der Waals surface area (Å²) >= 11 is 0. The number of hydrogen-bond acceptors (Lipinski definition) is 7. The summed E-state index contributed by atoms with van der Waals surface area (Å²) in [6.45, 7) is 8.92. The Hall–Kier alpha value is -2.87. The highest BCUT2D eigenvalue weighted by atomic mass is 16.5. The first kappa shape index (κ1) is 25.4. The summed E-state index contributed by atoms with van der Waals surface area (Å²) < 4.78 is 5.41. The molecule has 0 spiro atoms. The van der Waals surface area contributed by atoms with Crippen LogP contribution in [-0.4, -0.2) is 49.4 Å². The summed E-state index contributed by atoms with van der Waals surface area (Å²) in [5.74, 6) is 0.112. The molecule has 0 aromatic heterocycles. The molecule has 1 saturated heterocycles. The molecule has 1 aromatic rings. The molecule has 0 saturated carbocycles. The standard InChI is InChI=1S/C13H19N.C11H19N5O2/c1-2-12-5-7-13(8-6-12)11-14-9-3-4-10-14;1-2-3-6-18-11-15-8-13-5-4-10(17)14-7-9(12)16-11/h5-8H,2-4,9-11H2,1H3;7-8H,2-6,12H2,1H3,(H,14,17)(H,13,15,16)/b;9-7+. The number of nitrogens with one attached hydrogen (secondary N) is 2. The lowest BCUT2D eigenvalue weighted by molar-refractivity contribution is -0.119.